The Hall–Kier alpha value is -0.810. The van der Waals surface area contributed by atoms with E-state index in [1.165, 1.54) is 0 Å². The molecule has 5 nitrogen and oxygen atoms in total. The van der Waals surface area contributed by atoms with Crippen molar-refractivity contribution in [2.24, 2.45) is 0 Å². The summed E-state index contributed by atoms with van der Waals surface area (Å²) in [4.78, 5) is 11.1. The highest BCUT2D eigenvalue weighted by atomic mass is 16.7. The summed E-state index contributed by atoms with van der Waals surface area (Å²) in [5.74, 6) is 0. The van der Waals surface area contributed by atoms with E-state index in [1.54, 1.807) is 0 Å². The predicted octanol–water partition coefficient (Wildman–Crippen LogP) is 2.25. The van der Waals surface area contributed by atoms with Crippen LogP contribution in [0.2, 0.25) is 0 Å². The molecule has 108 valence electrons. The molecule has 0 aromatic carbocycles. The van der Waals surface area contributed by atoms with E-state index in [2.05, 4.69) is 0 Å². The highest BCUT2D eigenvalue weighted by Gasteiger charge is 2.02. The number of carbonyl (C=O) groups is 1. The minimum absolute atomic E-state index is 0.221. The number of aliphatic hydroxyl groups is 2. The van der Waals surface area contributed by atoms with Crippen molar-refractivity contribution >= 4 is 6.16 Å². The van der Waals surface area contributed by atoms with Gasteiger partial charge in [0.1, 0.15) is 0 Å². The maximum Gasteiger partial charge on any atom is 0.508 e. The molecular formula is C13H26O5. The summed E-state index contributed by atoms with van der Waals surface area (Å²) >= 11 is 0. The summed E-state index contributed by atoms with van der Waals surface area (Å²) in [5, 5.41) is 17.1. The molecule has 18 heavy (non-hydrogen) atoms. The van der Waals surface area contributed by atoms with Crippen molar-refractivity contribution in [2.45, 2.75) is 51.4 Å². The second-order valence-corrected chi connectivity index (χ2v) is 4.22. The second kappa shape index (κ2) is 14.3. The van der Waals surface area contributed by atoms with Gasteiger partial charge in [0.2, 0.25) is 0 Å². The summed E-state index contributed by atoms with van der Waals surface area (Å²) in [7, 11) is 0. The molecule has 0 amide bonds. The first-order valence-electron chi connectivity index (χ1n) is 6.82. The summed E-state index contributed by atoms with van der Waals surface area (Å²) in [6.07, 6.45) is 6.46. The first kappa shape index (κ1) is 17.2. The molecule has 0 spiro atoms. The Morgan fingerprint density at radius 2 is 1.06 bits per heavy atom. The average molecular weight is 262 g/mol. The first-order chi connectivity index (χ1) is 8.81. The normalized spacial score (nSPS) is 10.3. The Balaban J connectivity index is 3.12. The van der Waals surface area contributed by atoms with E-state index in [0.29, 0.717) is 13.2 Å². The van der Waals surface area contributed by atoms with Crippen LogP contribution in [0.25, 0.3) is 0 Å². The van der Waals surface area contributed by atoms with Crippen molar-refractivity contribution < 1.29 is 24.5 Å². The van der Waals surface area contributed by atoms with Gasteiger partial charge in [-0.3, -0.25) is 0 Å². The van der Waals surface area contributed by atoms with Gasteiger partial charge in [-0.2, -0.15) is 0 Å². The van der Waals surface area contributed by atoms with Crippen molar-refractivity contribution in [3.8, 4) is 0 Å². The van der Waals surface area contributed by atoms with Crippen LogP contribution in [-0.4, -0.2) is 42.8 Å². The van der Waals surface area contributed by atoms with E-state index in [-0.39, 0.29) is 13.2 Å². The number of unbranched alkanes of at least 4 members (excludes halogenated alkanes) is 6. The Bertz CT molecular complexity index is 166. The molecule has 0 unspecified atom stereocenters. The van der Waals surface area contributed by atoms with Crippen molar-refractivity contribution in [3.63, 3.8) is 0 Å². The SMILES string of the molecule is O=C(OCCCCCCO)OCCCCCCO. The highest BCUT2D eigenvalue weighted by Crippen LogP contribution is 2.02. The molecule has 0 fully saturated rings. The average Bonchev–Trinajstić information content (AvgIpc) is 2.38. The van der Waals surface area contributed by atoms with E-state index < -0.39 is 6.16 Å². The van der Waals surface area contributed by atoms with Crippen LogP contribution in [0.3, 0.4) is 0 Å². The Morgan fingerprint density at radius 1 is 0.667 bits per heavy atom. The number of hydrogen-bond acceptors (Lipinski definition) is 5. The molecule has 0 saturated carbocycles. The summed E-state index contributed by atoms with van der Waals surface area (Å²) in [6.45, 7) is 1.21. The van der Waals surface area contributed by atoms with Gasteiger partial charge in [0.05, 0.1) is 13.2 Å². The van der Waals surface area contributed by atoms with E-state index in [9.17, 15) is 4.79 Å². The zero-order chi connectivity index (χ0) is 13.5. The van der Waals surface area contributed by atoms with Gasteiger partial charge in [0.15, 0.2) is 0 Å². The molecule has 0 aromatic rings. The molecule has 0 aromatic heterocycles. The Morgan fingerprint density at radius 3 is 1.44 bits per heavy atom. The van der Waals surface area contributed by atoms with Crippen LogP contribution in [-0.2, 0) is 9.47 Å². The minimum atomic E-state index is -0.598. The first-order valence-corrected chi connectivity index (χ1v) is 6.82. The van der Waals surface area contributed by atoms with Crippen LogP contribution in [0, 0.1) is 0 Å². The number of carbonyl (C=O) groups excluding carboxylic acids is 1. The zero-order valence-corrected chi connectivity index (χ0v) is 11.1. The van der Waals surface area contributed by atoms with Crippen LogP contribution >= 0.6 is 0 Å². The zero-order valence-electron chi connectivity index (χ0n) is 11.1. The number of ether oxygens (including phenoxy) is 2. The van der Waals surface area contributed by atoms with E-state index in [0.717, 1.165) is 51.4 Å². The lowest BCUT2D eigenvalue weighted by molar-refractivity contribution is 0.0527. The van der Waals surface area contributed by atoms with Gasteiger partial charge in [-0.15, -0.1) is 0 Å². The molecule has 2 N–H and O–H groups in total. The van der Waals surface area contributed by atoms with Gasteiger partial charge in [-0.05, 0) is 38.5 Å². The minimum Gasteiger partial charge on any atom is -0.434 e. The third kappa shape index (κ3) is 13.3. The smallest absolute Gasteiger partial charge is 0.434 e. The standard InChI is InChI=1S/C13H26O5/c14-9-5-1-3-7-11-17-13(16)18-12-8-4-2-6-10-15/h14-15H,1-12H2. The lowest BCUT2D eigenvalue weighted by Crippen LogP contribution is -2.09. The molecule has 5 heteroatoms. The number of hydrogen-bond donors (Lipinski definition) is 2. The van der Waals surface area contributed by atoms with E-state index >= 15 is 0 Å². The topological polar surface area (TPSA) is 76.0 Å². The third-order valence-corrected chi connectivity index (χ3v) is 2.54. The van der Waals surface area contributed by atoms with Gasteiger partial charge < -0.3 is 19.7 Å². The maximum atomic E-state index is 11.1. The lowest BCUT2D eigenvalue weighted by atomic mass is 10.2. The van der Waals surface area contributed by atoms with E-state index in [4.69, 9.17) is 19.7 Å². The monoisotopic (exact) mass is 262 g/mol. The lowest BCUT2D eigenvalue weighted by Gasteiger charge is -2.06. The Kier molecular flexibility index (Phi) is 13.6. The fourth-order valence-electron chi connectivity index (χ4n) is 1.49. The molecule has 0 radical (unpaired) electrons. The number of rotatable bonds is 12. The van der Waals surface area contributed by atoms with Crippen molar-refractivity contribution in [1.82, 2.24) is 0 Å². The molecule has 0 aliphatic heterocycles. The third-order valence-electron chi connectivity index (χ3n) is 2.54. The van der Waals surface area contributed by atoms with E-state index in [1.807, 2.05) is 0 Å². The quantitative estimate of drug-likeness (QED) is 0.417. The number of aliphatic hydroxyl groups excluding tert-OH is 2. The summed E-state index contributed by atoms with van der Waals surface area (Å²) in [6, 6.07) is 0. The largest absolute Gasteiger partial charge is 0.508 e. The van der Waals surface area contributed by atoms with Gasteiger partial charge in [-0.1, -0.05) is 12.8 Å². The van der Waals surface area contributed by atoms with Gasteiger partial charge in [-0.25, -0.2) is 4.79 Å². The molecular weight excluding hydrogens is 236 g/mol. The molecule has 0 rings (SSSR count). The van der Waals surface area contributed by atoms with Crippen LogP contribution in [0.15, 0.2) is 0 Å². The van der Waals surface area contributed by atoms with Crippen LogP contribution in [0.5, 0.6) is 0 Å². The summed E-state index contributed by atoms with van der Waals surface area (Å²) in [5.41, 5.74) is 0. The van der Waals surface area contributed by atoms with Gasteiger partial charge >= 0.3 is 6.16 Å². The van der Waals surface area contributed by atoms with Gasteiger partial charge in [0.25, 0.3) is 0 Å². The Labute approximate surface area is 109 Å². The van der Waals surface area contributed by atoms with Crippen LogP contribution in [0.1, 0.15) is 51.4 Å². The highest BCUT2D eigenvalue weighted by molar-refractivity contribution is 5.59. The maximum absolute atomic E-state index is 11.1. The second-order valence-electron chi connectivity index (χ2n) is 4.22. The summed E-state index contributed by atoms with van der Waals surface area (Å²) < 4.78 is 9.77. The van der Waals surface area contributed by atoms with Crippen molar-refractivity contribution in [3.05, 3.63) is 0 Å². The predicted molar refractivity (Wildman–Crippen MR) is 68.4 cm³/mol. The van der Waals surface area contributed by atoms with Gasteiger partial charge in [0, 0.05) is 13.2 Å². The fraction of sp³-hybridized carbons (Fsp3) is 0.923. The molecule has 0 aliphatic carbocycles. The molecule has 0 atom stereocenters. The molecule has 0 bridgehead atoms. The van der Waals surface area contributed by atoms with Crippen LogP contribution < -0.4 is 0 Å². The molecule has 0 heterocycles. The van der Waals surface area contributed by atoms with Crippen molar-refractivity contribution in [1.29, 1.82) is 0 Å². The fourth-order valence-corrected chi connectivity index (χ4v) is 1.49. The van der Waals surface area contributed by atoms with Crippen molar-refractivity contribution in [2.75, 3.05) is 26.4 Å². The molecule has 0 saturated heterocycles. The van der Waals surface area contributed by atoms with Crippen LogP contribution in [0.4, 0.5) is 4.79 Å². The molecule has 0 aliphatic rings.